The van der Waals surface area contributed by atoms with E-state index in [4.69, 9.17) is 5.73 Å². The second-order valence-electron chi connectivity index (χ2n) is 4.86. The van der Waals surface area contributed by atoms with Crippen LogP contribution in [0.1, 0.15) is 11.1 Å². The van der Waals surface area contributed by atoms with Crippen LogP contribution in [-0.2, 0) is 6.18 Å². The van der Waals surface area contributed by atoms with Crippen molar-refractivity contribution in [2.24, 2.45) is 0 Å². The Kier molecular flexibility index (Phi) is 2.90. The van der Waals surface area contributed by atoms with E-state index >= 15 is 0 Å². The first-order chi connectivity index (χ1) is 9.86. The van der Waals surface area contributed by atoms with Gasteiger partial charge in [0, 0.05) is 11.4 Å². The van der Waals surface area contributed by atoms with Crippen molar-refractivity contribution >= 4 is 16.7 Å². The largest absolute Gasteiger partial charge is 0.416 e. The minimum absolute atomic E-state index is 0.194. The van der Waals surface area contributed by atoms with E-state index in [1.807, 2.05) is 0 Å². The highest BCUT2D eigenvalue weighted by atomic mass is 19.4. The van der Waals surface area contributed by atoms with Gasteiger partial charge in [-0.3, -0.25) is 4.57 Å². The molecule has 0 bridgehead atoms. The van der Waals surface area contributed by atoms with Crippen molar-refractivity contribution < 1.29 is 13.2 Å². The lowest BCUT2D eigenvalue weighted by atomic mass is 10.1. The molecule has 0 saturated heterocycles. The number of nitrogens with two attached hydrogens (primary N) is 1. The van der Waals surface area contributed by atoms with Crippen LogP contribution in [0.3, 0.4) is 0 Å². The average Bonchev–Trinajstić information content (AvgIpc) is 2.81. The van der Waals surface area contributed by atoms with Crippen molar-refractivity contribution in [2.75, 3.05) is 5.73 Å². The molecule has 21 heavy (non-hydrogen) atoms. The van der Waals surface area contributed by atoms with Crippen LogP contribution >= 0.6 is 0 Å². The first kappa shape index (κ1) is 13.5. The number of hydrogen-bond donors (Lipinski definition) is 1. The molecule has 3 rings (SSSR count). The third-order valence-electron chi connectivity index (χ3n) is 3.38. The molecule has 1 aromatic heterocycles. The molecule has 0 radical (unpaired) electrons. The molecule has 3 aromatic rings. The molecule has 0 unspecified atom stereocenters. The van der Waals surface area contributed by atoms with E-state index in [0.717, 1.165) is 6.07 Å². The summed E-state index contributed by atoms with van der Waals surface area (Å²) in [6.45, 7) is 1.44. The van der Waals surface area contributed by atoms with Gasteiger partial charge in [-0.1, -0.05) is 6.07 Å². The zero-order valence-corrected chi connectivity index (χ0v) is 11.1. The highest BCUT2D eigenvalue weighted by Gasteiger charge is 2.32. The van der Waals surface area contributed by atoms with E-state index in [0.29, 0.717) is 22.4 Å². The molecule has 2 N–H and O–H groups in total. The second kappa shape index (κ2) is 4.51. The fourth-order valence-corrected chi connectivity index (χ4v) is 2.30. The van der Waals surface area contributed by atoms with Gasteiger partial charge in [0.2, 0.25) is 0 Å². The highest BCUT2D eigenvalue weighted by Crippen LogP contribution is 2.33. The minimum Gasteiger partial charge on any atom is -0.399 e. The van der Waals surface area contributed by atoms with Crippen LogP contribution in [0, 0.1) is 6.92 Å². The molecule has 0 saturated carbocycles. The van der Waals surface area contributed by atoms with Crippen molar-refractivity contribution in [1.82, 2.24) is 9.55 Å². The summed E-state index contributed by atoms with van der Waals surface area (Å²) in [7, 11) is 0. The van der Waals surface area contributed by atoms with E-state index in [1.165, 1.54) is 19.3 Å². The number of benzene rings is 2. The van der Waals surface area contributed by atoms with Crippen LogP contribution in [0.4, 0.5) is 18.9 Å². The molecule has 2 aromatic carbocycles. The number of nitrogen functional groups attached to an aromatic ring is 1. The number of hydrogen-bond acceptors (Lipinski definition) is 2. The Balaban J connectivity index is 2.19. The van der Waals surface area contributed by atoms with Crippen molar-refractivity contribution in [3.63, 3.8) is 0 Å². The molecular formula is C15H12F3N3. The van der Waals surface area contributed by atoms with E-state index < -0.39 is 11.7 Å². The zero-order chi connectivity index (χ0) is 15.2. The summed E-state index contributed by atoms with van der Waals surface area (Å²) < 4.78 is 40.6. The van der Waals surface area contributed by atoms with Crippen LogP contribution in [0.5, 0.6) is 0 Å². The smallest absolute Gasteiger partial charge is 0.399 e. The zero-order valence-electron chi connectivity index (χ0n) is 11.1. The van der Waals surface area contributed by atoms with Crippen molar-refractivity contribution in [3.8, 4) is 5.69 Å². The van der Waals surface area contributed by atoms with Gasteiger partial charge < -0.3 is 5.73 Å². The first-order valence-corrected chi connectivity index (χ1v) is 6.27. The Morgan fingerprint density at radius 1 is 1.10 bits per heavy atom. The van der Waals surface area contributed by atoms with Crippen molar-refractivity contribution in [1.29, 1.82) is 0 Å². The van der Waals surface area contributed by atoms with Crippen molar-refractivity contribution in [3.05, 3.63) is 53.9 Å². The van der Waals surface area contributed by atoms with Gasteiger partial charge >= 0.3 is 6.18 Å². The minimum atomic E-state index is -4.37. The van der Waals surface area contributed by atoms with E-state index in [1.54, 1.807) is 28.8 Å². The molecule has 108 valence electrons. The molecule has 0 amide bonds. The van der Waals surface area contributed by atoms with E-state index in [2.05, 4.69) is 4.98 Å². The number of anilines is 1. The van der Waals surface area contributed by atoms with Gasteiger partial charge in [-0.25, -0.2) is 4.98 Å². The summed E-state index contributed by atoms with van der Waals surface area (Å²) in [4.78, 5) is 4.17. The Labute approximate surface area is 118 Å². The lowest BCUT2D eigenvalue weighted by molar-refractivity contribution is -0.138. The molecular weight excluding hydrogens is 279 g/mol. The summed E-state index contributed by atoms with van der Waals surface area (Å²) >= 11 is 0. The topological polar surface area (TPSA) is 43.8 Å². The maximum atomic E-state index is 13.0. The monoisotopic (exact) mass is 291 g/mol. The number of rotatable bonds is 1. The van der Waals surface area contributed by atoms with Crippen LogP contribution < -0.4 is 5.73 Å². The molecule has 0 aliphatic rings. The van der Waals surface area contributed by atoms with Gasteiger partial charge in [0.25, 0.3) is 0 Å². The lowest BCUT2D eigenvalue weighted by Crippen LogP contribution is -2.08. The van der Waals surface area contributed by atoms with Gasteiger partial charge in [-0.2, -0.15) is 13.2 Å². The molecule has 0 spiro atoms. The number of imidazole rings is 1. The Bertz CT molecular complexity index is 819. The van der Waals surface area contributed by atoms with Crippen LogP contribution in [-0.4, -0.2) is 9.55 Å². The Morgan fingerprint density at radius 2 is 1.86 bits per heavy atom. The summed E-state index contributed by atoms with van der Waals surface area (Å²) in [5, 5.41) is 0. The average molecular weight is 291 g/mol. The second-order valence-corrected chi connectivity index (χ2v) is 4.86. The SMILES string of the molecule is Cc1ccc(-n2cnc3cc(N)ccc32)cc1C(F)(F)F. The molecule has 0 aliphatic heterocycles. The fraction of sp³-hybridized carbons (Fsp3) is 0.133. The maximum absolute atomic E-state index is 13.0. The third kappa shape index (κ3) is 2.33. The van der Waals surface area contributed by atoms with Gasteiger partial charge in [-0.05, 0) is 42.8 Å². The third-order valence-corrected chi connectivity index (χ3v) is 3.38. The van der Waals surface area contributed by atoms with Gasteiger partial charge in [0.05, 0.1) is 16.6 Å². The molecule has 0 atom stereocenters. The van der Waals surface area contributed by atoms with Crippen LogP contribution in [0.15, 0.2) is 42.7 Å². The highest BCUT2D eigenvalue weighted by molar-refractivity contribution is 5.80. The Hall–Kier alpha value is -2.50. The standard InChI is InChI=1S/C15H12F3N3/c1-9-2-4-11(7-12(9)15(16,17)18)21-8-20-13-6-10(19)3-5-14(13)21/h2-8H,19H2,1H3. The van der Waals surface area contributed by atoms with Gasteiger partial charge in [0.1, 0.15) is 6.33 Å². The number of fused-ring (bicyclic) bond motifs is 1. The number of aryl methyl sites for hydroxylation is 1. The summed E-state index contributed by atoms with van der Waals surface area (Å²) in [5.41, 5.74) is 7.56. The number of nitrogens with zero attached hydrogens (tertiary/aromatic N) is 2. The molecule has 0 fully saturated rings. The van der Waals surface area contributed by atoms with Crippen molar-refractivity contribution in [2.45, 2.75) is 13.1 Å². The first-order valence-electron chi connectivity index (χ1n) is 6.27. The maximum Gasteiger partial charge on any atom is 0.416 e. The quantitative estimate of drug-likeness (QED) is 0.690. The van der Waals surface area contributed by atoms with E-state index in [-0.39, 0.29) is 5.56 Å². The molecule has 3 nitrogen and oxygen atoms in total. The predicted molar refractivity (Wildman–Crippen MR) is 75.2 cm³/mol. The molecule has 0 aliphatic carbocycles. The summed E-state index contributed by atoms with van der Waals surface area (Å²) in [6.07, 6.45) is -2.88. The normalized spacial score (nSPS) is 12.0. The van der Waals surface area contributed by atoms with Crippen LogP contribution in [0.25, 0.3) is 16.7 Å². The molecule has 1 heterocycles. The summed E-state index contributed by atoms with van der Waals surface area (Å²) in [6, 6.07) is 9.35. The molecule has 6 heteroatoms. The van der Waals surface area contributed by atoms with Crippen LogP contribution in [0.2, 0.25) is 0 Å². The lowest BCUT2D eigenvalue weighted by Gasteiger charge is -2.13. The predicted octanol–water partition coefficient (Wildman–Crippen LogP) is 3.93. The van der Waals surface area contributed by atoms with E-state index in [9.17, 15) is 13.2 Å². The van der Waals surface area contributed by atoms with Gasteiger partial charge in [0.15, 0.2) is 0 Å². The number of aromatic nitrogens is 2. The number of halogens is 3. The van der Waals surface area contributed by atoms with Gasteiger partial charge in [-0.15, -0.1) is 0 Å². The fourth-order valence-electron chi connectivity index (χ4n) is 2.30. The number of alkyl halides is 3. The summed E-state index contributed by atoms with van der Waals surface area (Å²) in [5.74, 6) is 0. The Morgan fingerprint density at radius 3 is 2.57 bits per heavy atom.